The van der Waals surface area contributed by atoms with Gasteiger partial charge in [-0.2, -0.15) is 9.66 Å². The number of hydrogen-bond acceptors (Lipinski definition) is 5. The summed E-state index contributed by atoms with van der Waals surface area (Å²) in [6.45, 7) is 0. The highest BCUT2D eigenvalue weighted by Crippen LogP contribution is 1.88. The van der Waals surface area contributed by atoms with Crippen LogP contribution >= 0.6 is 0 Å². The predicted octanol–water partition coefficient (Wildman–Crippen LogP) is -2.01. The molecule has 0 aliphatic carbocycles. The fraction of sp³-hybridized carbons (Fsp3) is 0. The van der Waals surface area contributed by atoms with E-state index < -0.39 is 16.9 Å². The van der Waals surface area contributed by atoms with Crippen molar-refractivity contribution in [3.63, 3.8) is 0 Å². The Bertz CT molecular complexity index is 696. The molecule has 8 heteroatoms. The van der Waals surface area contributed by atoms with Crippen LogP contribution in [0, 0.1) is 0 Å². The number of nitrogens with two attached hydrogens (primary N) is 1. The van der Waals surface area contributed by atoms with E-state index in [0.29, 0.717) is 0 Å². The van der Waals surface area contributed by atoms with E-state index in [1.807, 2.05) is 4.98 Å². The second-order valence-corrected chi connectivity index (χ2v) is 2.93. The number of rotatable bonds is 1. The summed E-state index contributed by atoms with van der Waals surface area (Å²) in [5.41, 5.74) is 3.31. The highest BCUT2D eigenvalue weighted by Gasteiger charge is 2.02. The maximum atomic E-state index is 11.4. The molecule has 0 aliphatic rings. The van der Waals surface area contributed by atoms with Gasteiger partial charge in [-0.1, -0.05) is 0 Å². The van der Waals surface area contributed by atoms with Crippen LogP contribution in [0.4, 0.5) is 5.82 Å². The van der Waals surface area contributed by atoms with Gasteiger partial charge in [0.2, 0.25) is 0 Å². The normalized spacial score (nSPS) is 10.2. The predicted molar refractivity (Wildman–Crippen MR) is 55.0 cm³/mol. The van der Waals surface area contributed by atoms with E-state index in [9.17, 15) is 14.4 Å². The molecule has 0 fully saturated rings. The molecule has 2 rings (SSSR count). The van der Waals surface area contributed by atoms with Crippen molar-refractivity contribution in [3.05, 3.63) is 55.8 Å². The molecular weight excluding hydrogens is 214 g/mol. The zero-order chi connectivity index (χ0) is 11.7. The molecule has 0 amide bonds. The average Bonchev–Trinajstić information content (AvgIpc) is 2.19. The molecule has 3 N–H and O–H groups in total. The van der Waals surface area contributed by atoms with Crippen LogP contribution in [0.15, 0.2) is 38.9 Å². The molecule has 2 aromatic heterocycles. The lowest BCUT2D eigenvalue weighted by Gasteiger charge is -2.06. The average molecular weight is 221 g/mol. The van der Waals surface area contributed by atoms with Crippen molar-refractivity contribution < 1.29 is 0 Å². The van der Waals surface area contributed by atoms with E-state index in [4.69, 9.17) is 5.73 Å². The van der Waals surface area contributed by atoms with Gasteiger partial charge >= 0.3 is 11.4 Å². The van der Waals surface area contributed by atoms with Gasteiger partial charge < -0.3 is 5.73 Å². The first-order valence-electron chi connectivity index (χ1n) is 4.26. The lowest BCUT2D eigenvalue weighted by molar-refractivity contribution is 0.569. The second kappa shape index (κ2) is 3.50. The number of aromatic amines is 1. The minimum Gasteiger partial charge on any atom is -0.383 e. The Morgan fingerprint density at radius 1 is 1.12 bits per heavy atom. The molecule has 0 unspecified atom stereocenters. The van der Waals surface area contributed by atoms with Crippen LogP contribution < -0.4 is 22.7 Å². The quantitative estimate of drug-likeness (QED) is 0.577. The van der Waals surface area contributed by atoms with Crippen LogP contribution in [0.2, 0.25) is 0 Å². The van der Waals surface area contributed by atoms with Crippen molar-refractivity contribution in [2.75, 3.05) is 5.73 Å². The number of nitrogens with one attached hydrogen (secondary N) is 1. The maximum absolute atomic E-state index is 11.4. The van der Waals surface area contributed by atoms with E-state index in [-0.39, 0.29) is 5.82 Å². The fourth-order valence-corrected chi connectivity index (χ4v) is 1.15. The minimum absolute atomic E-state index is 0.0544. The summed E-state index contributed by atoms with van der Waals surface area (Å²) in [5.74, 6) is 0.0544. The molecule has 0 aliphatic heterocycles. The van der Waals surface area contributed by atoms with Gasteiger partial charge in [0.15, 0.2) is 0 Å². The van der Waals surface area contributed by atoms with Gasteiger partial charge in [0, 0.05) is 18.5 Å². The third kappa shape index (κ3) is 1.63. The van der Waals surface area contributed by atoms with Gasteiger partial charge in [-0.05, 0) is 6.07 Å². The lowest BCUT2D eigenvalue weighted by atomic mass is 10.6. The Labute approximate surface area is 87.6 Å². The Hall–Kier alpha value is -2.64. The van der Waals surface area contributed by atoms with Gasteiger partial charge in [-0.15, -0.1) is 0 Å². The van der Waals surface area contributed by atoms with Crippen molar-refractivity contribution in [3.8, 4) is 0 Å². The standard InChI is InChI=1S/C8H7N5O3/c9-5-1-3-12(7(15)10-5)13-4-2-6(14)11-8(13)16/h1-4H,(H2,9,10,15)(H,11,14,16). The molecule has 0 radical (unpaired) electrons. The zero-order valence-corrected chi connectivity index (χ0v) is 7.95. The molecular formula is C8H7N5O3. The van der Waals surface area contributed by atoms with E-state index in [1.54, 1.807) is 0 Å². The molecule has 0 saturated heterocycles. The smallest absolute Gasteiger partial charge is 0.368 e. The molecule has 0 bridgehead atoms. The highest BCUT2D eigenvalue weighted by molar-refractivity contribution is 5.23. The summed E-state index contributed by atoms with van der Waals surface area (Å²) in [4.78, 5) is 39.0. The van der Waals surface area contributed by atoms with Gasteiger partial charge in [0.05, 0.1) is 0 Å². The highest BCUT2D eigenvalue weighted by atomic mass is 16.2. The van der Waals surface area contributed by atoms with Crippen LogP contribution in [-0.2, 0) is 0 Å². The van der Waals surface area contributed by atoms with Crippen LogP contribution in [0.25, 0.3) is 0 Å². The van der Waals surface area contributed by atoms with Crippen molar-refractivity contribution in [2.24, 2.45) is 0 Å². The fourth-order valence-electron chi connectivity index (χ4n) is 1.15. The van der Waals surface area contributed by atoms with Crippen molar-refractivity contribution >= 4 is 5.82 Å². The number of H-pyrrole nitrogens is 1. The first kappa shape index (κ1) is 9.90. The van der Waals surface area contributed by atoms with Crippen LogP contribution in [0.3, 0.4) is 0 Å². The topological polar surface area (TPSA) is 116 Å². The van der Waals surface area contributed by atoms with E-state index in [2.05, 4.69) is 4.98 Å². The second-order valence-electron chi connectivity index (χ2n) is 2.93. The third-order valence-corrected chi connectivity index (χ3v) is 1.84. The Kier molecular flexibility index (Phi) is 2.16. The van der Waals surface area contributed by atoms with Crippen LogP contribution in [0.5, 0.6) is 0 Å². The SMILES string of the molecule is Nc1ccn(-n2ccc(=O)[nH]c2=O)c(=O)n1. The zero-order valence-electron chi connectivity index (χ0n) is 7.95. The van der Waals surface area contributed by atoms with Gasteiger partial charge in [-0.25, -0.2) is 14.3 Å². The van der Waals surface area contributed by atoms with Gasteiger partial charge in [-0.3, -0.25) is 9.78 Å². The largest absolute Gasteiger partial charge is 0.383 e. The summed E-state index contributed by atoms with van der Waals surface area (Å²) in [7, 11) is 0. The van der Waals surface area contributed by atoms with Crippen molar-refractivity contribution in [2.45, 2.75) is 0 Å². The third-order valence-electron chi connectivity index (χ3n) is 1.84. The molecule has 2 aromatic rings. The minimum atomic E-state index is -0.735. The lowest BCUT2D eigenvalue weighted by Crippen LogP contribution is -2.38. The summed E-state index contributed by atoms with van der Waals surface area (Å²) in [6.07, 6.45) is 2.45. The molecule has 0 atom stereocenters. The van der Waals surface area contributed by atoms with Crippen molar-refractivity contribution in [1.29, 1.82) is 0 Å². The summed E-state index contributed by atoms with van der Waals surface area (Å²) < 4.78 is 1.84. The summed E-state index contributed by atoms with van der Waals surface area (Å²) in [5, 5.41) is 0. The van der Waals surface area contributed by atoms with E-state index in [0.717, 1.165) is 15.4 Å². The number of anilines is 1. The molecule has 16 heavy (non-hydrogen) atoms. The van der Waals surface area contributed by atoms with E-state index >= 15 is 0 Å². The van der Waals surface area contributed by atoms with Gasteiger partial charge in [0.25, 0.3) is 5.56 Å². The first-order chi connectivity index (χ1) is 7.58. The molecule has 82 valence electrons. The molecule has 8 nitrogen and oxygen atoms in total. The number of nitrogen functional groups attached to an aromatic ring is 1. The van der Waals surface area contributed by atoms with Crippen LogP contribution in [-0.4, -0.2) is 19.3 Å². The number of nitrogens with zero attached hydrogens (tertiary/aromatic N) is 3. The monoisotopic (exact) mass is 221 g/mol. The molecule has 0 saturated carbocycles. The Morgan fingerprint density at radius 3 is 2.44 bits per heavy atom. The summed E-state index contributed by atoms with van der Waals surface area (Å²) >= 11 is 0. The summed E-state index contributed by atoms with van der Waals surface area (Å²) in [6, 6.07) is 2.48. The molecule has 2 heterocycles. The van der Waals surface area contributed by atoms with E-state index in [1.165, 1.54) is 18.5 Å². The maximum Gasteiger partial charge on any atom is 0.368 e. The number of aromatic nitrogens is 4. The molecule has 0 spiro atoms. The molecule has 0 aromatic carbocycles. The van der Waals surface area contributed by atoms with Crippen molar-refractivity contribution in [1.82, 2.24) is 19.3 Å². The van der Waals surface area contributed by atoms with Crippen LogP contribution in [0.1, 0.15) is 0 Å². The number of hydrogen-bond donors (Lipinski definition) is 2. The van der Waals surface area contributed by atoms with Gasteiger partial charge in [0.1, 0.15) is 5.82 Å². The Morgan fingerprint density at radius 2 is 1.81 bits per heavy atom. The Balaban J connectivity index is 2.73. The first-order valence-corrected chi connectivity index (χ1v) is 4.26.